The highest BCUT2D eigenvalue weighted by Gasteiger charge is 2.53. The monoisotopic (exact) mass is 619 g/mol. The highest BCUT2D eigenvalue weighted by Crippen LogP contribution is 2.86. The van der Waals surface area contributed by atoms with E-state index in [9.17, 15) is 0 Å². The minimum absolute atomic E-state index is 0.0210. The molecule has 12 atom stereocenters. The van der Waals surface area contributed by atoms with Gasteiger partial charge in [-0.05, 0) is 145 Å². The quantitative estimate of drug-likeness (QED) is 0.226. The van der Waals surface area contributed by atoms with Crippen LogP contribution in [0.1, 0.15) is 160 Å². The molecule has 0 aromatic heterocycles. The lowest BCUT2D eigenvalue weighted by Crippen LogP contribution is -2.43. The molecule has 0 aromatic carbocycles. The van der Waals surface area contributed by atoms with Crippen molar-refractivity contribution in [2.45, 2.75) is 183 Å². The maximum absolute atomic E-state index is 2.65. The zero-order chi connectivity index (χ0) is 30.9. The van der Waals surface area contributed by atoms with Crippen LogP contribution in [0.4, 0.5) is 0 Å². The fourth-order valence-corrected chi connectivity index (χ4v) is 26.5. The molecular formula is C40H76P2. The summed E-state index contributed by atoms with van der Waals surface area (Å²) < 4.78 is 0. The Hall–Kier alpha value is 0.860. The van der Waals surface area contributed by atoms with Crippen molar-refractivity contribution in [1.82, 2.24) is 0 Å². The Morgan fingerprint density at radius 3 is 0.690 bits per heavy atom. The maximum Gasteiger partial charge on any atom is -0.0134 e. The zero-order valence-corrected chi connectivity index (χ0v) is 32.4. The van der Waals surface area contributed by atoms with Gasteiger partial charge >= 0.3 is 0 Å². The molecule has 0 radical (unpaired) electrons. The van der Waals surface area contributed by atoms with Gasteiger partial charge in [0.2, 0.25) is 0 Å². The van der Waals surface area contributed by atoms with Gasteiger partial charge in [0.25, 0.3) is 0 Å². The fraction of sp³-hybridized carbons (Fsp3) is 1.00. The van der Waals surface area contributed by atoms with E-state index in [2.05, 4.69) is 83.1 Å². The van der Waals surface area contributed by atoms with E-state index in [-0.39, 0.29) is 15.2 Å². The van der Waals surface area contributed by atoms with Crippen molar-refractivity contribution in [3.63, 3.8) is 0 Å². The normalized spacial score (nSPS) is 43.7. The molecule has 0 saturated heterocycles. The van der Waals surface area contributed by atoms with Crippen molar-refractivity contribution in [3.05, 3.63) is 0 Å². The molecule has 2 heteroatoms. The summed E-state index contributed by atoms with van der Waals surface area (Å²) in [7, 11) is 0.0421. The summed E-state index contributed by atoms with van der Waals surface area (Å²) in [6.45, 7) is 31.7. The molecule has 246 valence electrons. The van der Waals surface area contributed by atoms with Gasteiger partial charge in [-0.25, -0.2) is 0 Å². The first kappa shape index (κ1) is 35.7. The first-order valence-corrected chi connectivity index (χ1v) is 23.0. The third-order valence-electron chi connectivity index (χ3n) is 13.6. The Labute approximate surface area is 268 Å². The van der Waals surface area contributed by atoms with Crippen molar-refractivity contribution in [2.24, 2.45) is 71.0 Å². The van der Waals surface area contributed by atoms with Gasteiger partial charge in [0, 0.05) is 0 Å². The second-order valence-electron chi connectivity index (χ2n) is 18.3. The molecular weight excluding hydrogens is 542 g/mol. The Kier molecular flexibility index (Phi) is 13.3. The molecule has 12 unspecified atom stereocenters. The first-order chi connectivity index (χ1) is 19.8. The van der Waals surface area contributed by atoms with E-state index in [0.29, 0.717) is 0 Å². The molecule has 0 spiro atoms. The molecule has 0 N–H and O–H groups in total. The summed E-state index contributed by atoms with van der Waals surface area (Å²) in [6, 6.07) is 0. The van der Waals surface area contributed by atoms with Gasteiger partial charge in [-0.3, -0.25) is 0 Å². The number of hydrogen-bond acceptors (Lipinski definition) is 0. The minimum atomic E-state index is 0.0210. The Morgan fingerprint density at radius 2 is 0.524 bits per heavy atom. The van der Waals surface area contributed by atoms with Crippen molar-refractivity contribution >= 4 is 15.2 Å². The zero-order valence-electron chi connectivity index (χ0n) is 30.6. The first-order valence-electron chi connectivity index (χ1n) is 19.4. The van der Waals surface area contributed by atoms with Gasteiger partial charge < -0.3 is 0 Å². The molecule has 42 heavy (non-hydrogen) atoms. The van der Waals surface area contributed by atoms with Crippen molar-refractivity contribution in [1.29, 1.82) is 0 Å². The molecule has 4 fully saturated rings. The standard InChI is InChI=1S/C40H76P2/c1-25(2)33-17-13-29(9)21-37(33)41(38-22-30(10)14-18-34(38)26(3)4)42(39-23-31(11)15-19-35(39)27(5)6)40-24-32(12)16-20-36(40)28(7)8/h25-40H,13-24H2,1-12H3. The molecule has 0 aliphatic heterocycles. The largest absolute Gasteiger partial charge is 0.0735 e. The van der Waals surface area contributed by atoms with E-state index >= 15 is 0 Å². The molecule has 0 amide bonds. The average molecular weight is 619 g/mol. The predicted molar refractivity (Wildman–Crippen MR) is 194 cm³/mol. The summed E-state index contributed by atoms with van der Waals surface area (Å²) in [5.74, 6) is 11.2. The second kappa shape index (κ2) is 15.6. The van der Waals surface area contributed by atoms with Crippen LogP contribution < -0.4 is 0 Å². The molecule has 0 heterocycles. The Balaban J connectivity index is 1.95. The van der Waals surface area contributed by atoms with E-state index in [0.717, 1.165) is 93.7 Å². The van der Waals surface area contributed by atoms with Crippen LogP contribution in [0, 0.1) is 71.0 Å². The van der Waals surface area contributed by atoms with Crippen LogP contribution in [-0.4, -0.2) is 22.6 Å². The Morgan fingerprint density at radius 1 is 0.333 bits per heavy atom. The summed E-state index contributed by atoms with van der Waals surface area (Å²) in [5, 5.41) is 0. The molecule has 4 saturated carbocycles. The summed E-state index contributed by atoms with van der Waals surface area (Å²) in [4.78, 5) is 0. The van der Waals surface area contributed by atoms with Crippen LogP contribution in [0.25, 0.3) is 0 Å². The van der Waals surface area contributed by atoms with Crippen LogP contribution >= 0.6 is 15.2 Å². The summed E-state index contributed by atoms with van der Waals surface area (Å²) in [6.07, 6.45) is 18.4. The van der Waals surface area contributed by atoms with Gasteiger partial charge in [0.15, 0.2) is 0 Å². The fourth-order valence-electron chi connectivity index (χ4n) is 11.0. The van der Waals surface area contributed by atoms with Gasteiger partial charge in [-0.15, -0.1) is 0 Å². The number of rotatable bonds is 9. The van der Waals surface area contributed by atoms with Crippen LogP contribution in [-0.2, 0) is 0 Å². The van der Waals surface area contributed by atoms with Crippen LogP contribution in [0.15, 0.2) is 0 Å². The summed E-state index contributed by atoms with van der Waals surface area (Å²) in [5.41, 5.74) is 4.17. The maximum atomic E-state index is 2.65. The van der Waals surface area contributed by atoms with Crippen LogP contribution in [0.3, 0.4) is 0 Å². The van der Waals surface area contributed by atoms with Gasteiger partial charge in [-0.2, -0.15) is 0 Å². The number of hydrogen-bond donors (Lipinski definition) is 0. The SMILES string of the molecule is CC1CCC(C(C)C)C(P(C2CC(C)CCC2C(C)C)P(C2CC(C)CCC2C(C)C)C2CC(C)CCC2C(C)C)C1. The van der Waals surface area contributed by atoms with E-state index in [4.69, 9.17) is 0 Å². The predicted octanol–water partition coefficient (Wildman–Crippen LogP) is 13.7. The third-order valence-corrected chi connectivity index (χ3v) is 24.4. The topological polar surface area (TPSA) is 0 Å². The van der Waals surface area contributed by atoms with E-state index in [1.54, 1.807) is 25.7 Å². The average Bonchev–Trinajstić information content (AvgIpc) is 2.90. The molecule has 4 rings (SSSR count). The van der Waals surface area contributed by atoms with Gasteiger partial charge in [0.05, 0.1) is 0 Å². The third kappa shape index (κ3) is 8.22. The molecule has 0 aromatic rings. The van der Waals surface area contributed by atoms with Crippen LogP contribution in [0.5, 0.6) is 0 Å². The lowest BCUT2D eigenvalue weighted by molar-refractivity contribution is 0.219. The van der Waals surface area contributed by atoms with Gasteiger partial charge in [-0.1, -0.05) is 124 Å². The molecule has 0 bridgehead atoms. The van der Waals surface area contributed by atoms with Crippen molar-refractivity contribution in [2.75, 3.05) is 0 Å². The van der Waals surface area contributed by atoms with Crippen molar-refractivity contribution in [3.8, 4) is 0 Å². The lowest BCUT2D eigenvalue weighted by atomic mass is 9.76. The smallest absolute Gasteiger partial charge is 0.0134 e. The van der Waals surface area contributed by atoms with E-state index in [1.807, 2.05) is 0 Å². The van der Waals surface area contributed by atoms with Crippen molar-refractivity contribution < 1.29 is 0 Å². The minimum Gasteiger partial charge on any atom is -0.0735 e. The van der Waals surface area contributed by atoms with E-state index < -0.39 is 0 Å². The highest BCUT2D eigenvalue weighted by molar-refractivity contribution is 8.31. The lowest BCUT2D eigenvalue weighted by Gasteiger charge is -2.59. The van der Waals surface area contributed by atoms with E-state index in [1.165, 1.54) is 51.4 Å². The molecule has 4 aliphatic rings. The second-order valence-corrected chi connectivity index (χ2v) is 25.3. The molecule has 4 aliphatic carbocycles. The van der Waals surface area contributed by atoms with Gasteiger partial charge in [0.1, 0.15) is 0 Å². The highest BCUT2D eigenvalue weighted by atomic mass is 32.1. The van der Waals surface area contributed by atoms with Crippen LogP contribution in [0.2, 0.25) is 0 Å². The summed E-state index contributed by atoms with van der Waals surface area (Å²) >= 11 is 0. The Bertz CT molecular complexity index is 671. The molecule has 0 nitrogen and oxygen atoms in total.